The second-order valence-electron chi connectivity index (χ2n) is 7.71. The van der Waals surface area contributed by atoms with Gasteiger partial charge < -0.3 is 19.5 Å². The van der Waals surface area contributed by atoms with Gasteiger partial charge in [0.25, 0.3) is 0 Å². The third-order valence-corrected chi connectivity index (χ3v) is 5.63. The number of ether oxygens (including phenoxy) is 1. The van der Waals surface area contributed by atoms with Gasteiger partial charge in [0, 0.05) is 45.0 Å². The number of anilines is 2. The summed E-state index contributed by atoms with van der Waals surface area (Å²) in [5.41, 5.74) is 3.71. The topological polar surface area (TPSA) is 99.9 Å². The van der Waals surface area contributed by atoms with Crippen LogP contribution in [0.15, 0.2) is 28.8 Å². The fourth-order valence-corrected chi connectivity index (χ4v) is 4.01. The van der Waals surface area contributed by atoms with Crippen molar-refractivity contribution in [2.75, 3.05) is 56.7 Å². The molecule has 160 valence electrons. The molecule has 1 fully saturated rings. The fraction of sp³-hybridized carbons (Fsp3) is 0.476. The summed E-state index contributed by atoms with van der Waals surface area (Å²) in [7, 11) is 2.10. The molecule has 1 aromatic carbocycles. The first kappa shape index (κ1) is 20.4. The van der Waals surface area contributed by atoms with Crippen molar-refractivity contribution in [3.8, 4) is 0 Å². The Kier molecular flexibility index (Phi) is 6.01. The van der Waals surface area contributed by atoms with Gasteiger partial charge in [0.2, 0.25) is 0 Å². The van der Waals surface area contributed by atoms with Crippen LogP contribution in [0.2, 0.25) is 0 Å². The lowest BCUT2D eigenvalue weighted by Crippen LogP contribution is -2.45. The highest BCUT2D eigenvalue weighted by molar-refractivity contribution is 6.39. The van der Waals surface area contributed by atoms with Crippen molar-refractivity contribution >= 4 is 23.3 Å². The number of aromatic nitrogens is 1. The van der Waals surface area contributed by atoms with Gasteiger partial charge in [0.05, 0.1) is 19.3 Å². The number of hydrogen-bond acceptors (Lipinski definition) is 7. The van der Waals surface area contributed by atoms with Crippen LogP contribution in [0.3, 0.4) is 0 Å². The summed E-state index contributed by atoms with van der Waals surface area (Å²) in [4.78, 5) is 29.1. The lowest BCUT2D eigenvalue weighted by Gasteiger charge is -2.35. The Morgan fingerprint density at radius 2 is 1.97 bits per heavy atom. The number of fused-ring (bicyclic) bond motifs is 1. The van der Waals surface area contributed by atoms with Crippen LogP contribution >= 0.6 is 0 Å². The van der Waals surface area contributed by atoms with E-state index in [1.54, 1.807) is 13.0 Å². The molecule has 0 aliphatic carbocycles. The number of aryl methyl sites for hydroxylation is 1. The van der Waals surface area contributed by atoms with Gasteiger partial charge in [0.1, 0.15) is 5.76 Å². The van der Waals surface area contributed by atoms with Crippen molar-refractivity contribution in [1.29, 1.82) is 0 Å². The Balaban J connectivity index is 1.45. The zero-order chi connectivity index (χ0) is 21.1. The third-order valence-electron chi connectivity index (χ3n) is 5.63. The van der Waals surface area contributed by atoms with Crippen LogP contribution in [0.1, 0.15) is 22.9 Å². The number of hydrogen-bond donors (Lipinski definition) is 2. The lowest BCUT2D eigenvalue weighted by molar-refractivity contribution is -0.136. The van der Waals surface area contributed by atoms with Crippen molar-refractivity contribution in [2.24, 2.45) is 0 Å². The van der Waals surface area contributed by atoms with E-state index in [1.165, 1.54) is 11.3 Å². The molecule has 1 atom stereocenters. The van der Waals surface area contributed by atoms with E-state index < -0.39 is 11.8 Å². The lowest BCUT2D eigenvalue weighted by atomic mass is 10.0. The van der Waals surface area contributed by atoms with E-state index in [0.717, 1.165) is 31.6 Å². The van der Waals surface area contributed by atoms with Crippen LogP contribution in [0.25, 0.3) is 0 Å². The first-order valence-corrected chi connectivity index (χ1v) is 10.2. The second kappa shape index (κ2) is 8.85. The van der Waals surface area contributed by atoms with Crippen LogP contribution in [0.4, 0.5) is 11.5 Å². The predicted octanol–water partition coefficient (Wildman–Crippen LogP) is 1.10. The minimum Gasteiger partial charge on any atom is -0.379 e. The second-order valence-corrected chi connectivity index (χ2v) is 7.71. The van der Waals surface area contributed by atoms with E-state index in [1.807, 2.05) is 0 Å². The molecule has 1 aromatic heterocycles. The monoisotopic (exact) mass is 413 g/mol. The SMILES string of the molecule is Cc1cc(NC(=O)C(=O)NC[C@H](c2ccc3c(c2)CCN3C)N2CCOCC2)no1. The summed E-state index contributed by atoms with van der Waals surface area (Å²) < 4.78 is 10.4. The normalized spacial score (nSPS) is 17.5. The minimum absolute atomic E-state index is 0.0313. The van der Waals surface area contributed by atoms with Gasteiger partial charge in [-0.2, -0.15) is 0 Å². The summed E-state index contributed by atoms with van der Waals surface area (Å²) in [6.45, 7) is 5.93. The van der Waals surface area contributed by atoms with Crippen molar-refractivity contribution in [1.82, 2.24) is 15.4 Å². The quantitative estimate of drug-likeness (QED) is 0.708. The summed E-state index contributed by atoms with van der Waals surface area (Å²) in [6, 6.07) is 8.01. The number of morpholine rings is 1. The number of likely N-dealkylation sites (N-methyl/N-ethyl adjacent to an activating group) is 1. The Morgan fingerprint density at radius 1 is 1.17 bits per heavy atom. The molecule has 9 nitrogen and oxygen atoms in total. The zero-order valence-electron chi connectivity index (χ0n) is 17.3. The molecule has 1 saturated heterocycles. The molecule has 2 N–H and O–H groups in total. The molecule has 2 aliphatic heterocycles. The Morgan fingerprint density at radius 3 is 2.70 bits per heavy atom. The van der Waals surface area contributed by atoms with Gasteiger partial charge in [-0.3, -0.25) is 19.8 Å². The Hall–Kier alpha value is -2.91. The summed E-state index contributed by atoms with van der Waals surface area (Å²) >= 11 is 0. The fourth-order valence-electron chi connectivity index (χ4n) is 4.01. The number of nitrogens with one attached hydrogen (secondary N) is 2. The first-order valence-electron chi connectivity index (χ1n) is 10.2. The van der Waals surface area contributed by atoms with Crippen LogP contribution in [-0.4, -0.2) is 68.3 Å². The van der Waals surface area contributed by atoms with Gasteiger partial charge >= 0.3 is 11.8 Å². The summed E-state index contributed by atoms with van der Waals surface area (Å²) in [5.74, 6) is -0.685. The van der Waals surface area contributed by atoms with Crippen molar-refractivity contribution in [3.63, 3.8) is 0 Å². The summed E-state index contributed by atoms with van der Waals surface area (Å²) in [6.07, 6.45) is 1.02. The molecule has 3 heterocycles. The number of amides is 2. The first-order chi connectivity index (χ1) is 14.5. The van der Waals surface area contributed by atoms with Gasteiger partial charge in [0.15, 0.2) is 5.82 Å². The molecule has 2 aromatic rings. The highest BCUT2D eigenvalue weighted by atomic mass is 16.5. The standard InChI is InChI=1S/C21H27N5O4/c1-14-11-19(24-30-14)23-21(28)20(27)22-13-18(26-7-9-29-10-8-26)15-3-4-17-16(12-15)5-6-25(17)2/h3-4,11-12,18H,5-10,13H2,1-2H3,(H,22,27)(H,23,24,28)/t18-/m1/s1. The van der Waals surface area contributed by atoms with Crippen LogP contribution in [-0.2, 0) is 20.7 Å². The smallest absolute Gasteiger partial charge is 0.314 e. The van der Waals surface area contributed by atoms with E-state index in [2.05, 4.69) is 50.8 Å². The van der Waals surface area contributed by atoms with Crippen molar-refractivity contribution < 1.29 is 18.8 Å². The maximum Gasteiger partial charge on any atom is 0.314 e. The molecule has 0 spiro atoms. The molecule has 0 bridgehead atoms. The maximum absolute atomic E-state index is 12.4. The zero-order valence-corrected chi connectivity index (χ0v) is 17.3. The Labute approximate surface area is 175 Å². The van der Waals surface area contributed by atoms with Crippen LogP contribution in [0.5, 0.6) is 0 Å². The molecular weight excluding hydrogens is 386 g/mol. The molecule has 0 unspecified atom stereocenters. The van der Waals surface area contributed by atoms with E-state index in [4.69, 9.17) is 9.26 Å². The van der Waals surface area contributed by atoms with Gasteiger partial charge in [-0.25, -0.2) is 0 Å². The van der Waals surface area contributed by atoms with Crippen LogP contribution < -0.4 is 15.5 Å². The third kappa shape index (κ3) is 4.47. The molecular formula is C21H27N5O4. The minimum atomic E-state index is -0.764. The van der Waals surface area contributed by atoms with E-state index in [-0.39, 0.29) is 11.9 Å². The van der Waals surface area contributed by atoms with E-state index in [0.29, 0.717) is 25.5 Å². The summed E-state index contributed by atoms with van der Waals surface area (Å²) in [5, 5.41) is 8.91. The number of nitrogens with zero attached hydrogens (tertiary/aromatic N) is 3. The highest BCUT2D eigenvalue weighted by Gasteiger charge is 2.26. The Bertz CT molecular complexity index is 922. The predicted molar refractivity (Wildman–Crippen MR) is 111 cm³/mol. The van der Waals surface area contributed by atoms with Gasteiger partial charge in [-0.05, 0) is 30.5 Å². The molecule has 2 amide bonds. The molecule has 2 aliphatic rings. The van der Waals surface area contributed by atoms with Gasteiger partial charge in [-0.15, -0.1) is 0 Å². The molecule has 0 saturated carbocycles. The molecule has 4 rings (SSSR count). The van der Waals surface area contributed by atoms with Crippen LogP contribution in [0, 0.1) is 6.92 Å². The number of carbonyl (C=O) groups is 2. The molecule has 0 radical (unpaired) electrons. The van der Waals surface area contributed by atoms with Crippen molar-refractivity contribution in [2.45, 2.75) is 19.4 Å². The van der Waals surface area contributed by atoms with Crippen molar-refractivity contribution in [3.05, 3.63) is 41.2 Å². The number of benzene rings is 1. The molecule has 9 heteroatoms. The number of carbonyl (C=O) groups excluding carboxylic acids is 2. The number of rotatable bonds is 5. The van der Waals surface area contributed by atoms with E-state index in [9.17, 15) is 9.59 Å². The van der Waals surface area contributed by atoms with Gasteiger partial charge in [-0.1, -0.05) is 17.3 Å². The average molecular weight is 413 g/mol. The molecule has 30 heavy (non-hydrogen) atoms. The maximum atomic E-state index is 12.4. The highest BCUT2D eigenvalue weighted by Crippen LogP contribution is 2.31. The largest absolute Gasteiger partial charge is 0.379 e. The van der Waals surface area contributed by atoms with E-state index >= 15 is 0 Å². The average Bonchev–Trinajstić information content (AvgIpc) is 3.33.